The summed E-state index contributed by atoms with van der Waals surface area (Å²) in [5, 5.41) is 0. The lowest BCUT2D eigenvalue weighted by Crippen LogP contribution is -2.25. The average molecular weight is 253 g/mol. The highest BCUT2D eigenvalue weighted by Crippen LogP contribution is 2.32. The number of carbonyl (C=O) groups excluding carboxylic acids is 1. The van der Waals surface area contributed by atoms with E-state index in [2.05, 4.69) is 4.74 Å². The maximum Gasteiger partial charge on any atom is 0.346 e. The normalized spacial score (nSPS) is 11.8. The van der Waals surface area contributed by atoms with E-state index in [0.717, 1.165) is 5.56 Å². The molecule has 0 radical (unpaired) electrons. The van der Waals surface area contributed by atoms with Crippen molar-refractivity contribution >= 4 is 5.97 Å². The highest BCUT2D eigenvalue weighted by molar-refractivity contribution is 5.74. The highest BCUT2D eigenvalue weighted by atomic mass is 16.6. The molecular formula is C13H19NO4. The zero-order valence-electron chi connectivity index (χ0n) is 10.9. The lowest BCUT2D eigenvalue weighted by atomic mass is 10.2. The van der Waals surface area contributed by atoms with Gasteiger partial charge in [0.25, 0.3) is 0 Å². The van der Waals surface area contributed by atoms with Crippen LogP contribution in [0.25, 0.3) is 0 Å². The summed E-state index contributed by atoms with van der Waals surface area (Å²) >= 11 is 0. The quantitative estimate of drug-likeness (QED) is 0.778. The molecule has 18 heavy (non-hydrogen) atoms. The molecule has 5 nitrogen and oxygen atoms in total. The van der Waals surface area contributed by atoms with Crippen molar-refractivity contribution in [2.24, 2.45) is 5.73 Å². The van der Waals surface area contributed by atoms with Gasteiger partial charge in [0.15, 0.2) is 17.6 Å². The molecule has 0 fully saturated rings. The molecule has 0 amide bonds. The van der Waals surface area contributed by atoms with Crippen LogP contribution in [0.4, 0.5) is 0 Å². The van der Waals surface area contributed by atoms with Gasteiger partial charge in [0, 0.05) is 12.1 Å². The SMILES string of the molecule is CCOc1cccc(CN)c1OC(C)C(=O)OC. The topological polar surface area (TPSA) is 70.8 Å². The Labute approximate surface area is 107 Å². The Kier molecular flexibility index (Phi) is 5.45. The minimum absolute atomic E-state index is 0.310. The number of carbonyl (C=O) groups is 1. The molecule has 0 bridgehead atoms. The van der Waals surface area contributed by atoms with Crippen LogP contribution in [0.5, 0.6) is 11.5 Å². The smallest absolute Gasteiger partial charge is 0.346 e. The van der Waals surface area contributed by atoms with Gasteiger partial charge in [0.2, 0.25) is 0 Å². The fourth-order valence-corrected chi connectivity index (χ4v) is 1.52. The third kappa shape index (κ3) is 3.37. The van der Waals surface area contributed by atoms with Gasteiger partial charge in [-0.25, -0.2) is 4.79 Å². The Balaban J connectivity index is 3.00. The number of hydrogen-bond acceptors (Lipinski definition) is 5. The number of ether oxygens (including phenoxy) is 3. The summed E-state index contributed by atoms with van der Waals surface area (Å²) in [6.45, 7) is 4.32. The van der Waals surface area contributed by atoms with Gasteiger partial charge >= 0.3 is 5.97 Å². The van der Waals surface area contributed by atoms with Crippen LogP contribution >= 0.6 is 0 Å². The predicted molar refractivity (Wildman–Crippen MR) is 67.6 cm³/mol. The van der Waals surface area contributed by atoms with Crippen LogP contribution in [-0.4, -0.2) is 25.8 Å². The number of rotatable bonds is 6. The van der Waals surface area contributed by atoms with Crippen molar-refractivity contribution in [1.82, 2.24) is 0 Å². The maximum atomic E-state index is 11.4. The van der Waals surface area contributed by atoms with Crippen LogP contribution in [0.15, 0.2) is 18.2 Å². The van der Waals surface area contributed by atoms with Crippen molar-refractivity contribution in [3.8, 4) is 11.5 Å². The molecule has 0 saturated carbocycles. The fraction of sp³-hybridized carbons (Fsp3) is 0.462. The number of hydrogen-bond donors (Lipinski definition) is 1. The van der Waals surface area contributed by atoms with Crippen LogP contribution in [0, 0.1) is 0 Å². The molecule has 2 N–H and O–H groups in total. The summed E-state index contributed by atoms with van der Waals surface area (Å²) in [5.74, 6) is 0.639. The first kappa shape index (κ1) is 14.3. The van der Waals surface area contributed by atoms with Gasteiger partial charge in [0.1, 0.15) is 0 Å². The van der Waals surface area contributed by atoms with E-state index in [-0.39, 0.29) is 0 Å². The molecule has 1 rings (SSSR count). The van der Waals surface area contributed by atoms with E-state index >= 15 is 0 Å². The van der Waals surface area contributed by atoms with Gasteiger partial charge < -0.3 is 19.9 Å². The van der Waals surface area contributed by atoms with Gasteiger partial charge in [-0.05, 0) is 19.9 Å². The van der Waals surface area contributed by atoms with Crippen molar-refractivity contribution in [2.45, 2.75) is 26.5 Å². The molecule has 1 unspecified atom stereocenters. The first-order chi connectivity index (χ1) is 8.63. The molecular weight excluding hydrogens is 234 g/mol. The minimum atomic E-state index is -0.707. The molecule has 0 aromatic heterocycles. The zero-order chi connectivity index (χ0) is 13.5. The van der Waals surface area contributed by atoms with Crippen molar-refractivity contribution in [2.75, 3.05) is 13.7 Å². The van der Waals surface area contributed by atoms with Gasteiger partial charge in [-0.3, -0.25) is 0 Å². The lowest BCUT2D eigenvalue weighted by molar-refractivity contribution is -0.147. The second-order valence-electron chi connectivity index (χ2n) is 3.66. The second kappa shape index (κ2) is 6.86. The Morgan fingerprint density at radius 3 is 2.72 bits per heavy atom. The van der Waals surface area contributed by atoms with Crippen LogP contribution < -0.4 is 15.2 Å². The Bertz CT molecular complexity index is 406. The van der Waals surface area contributed by atoms with E-state index < -0.39 is 12.1 Å². The molecule has 5 heteroatoms. The van der Waals surface area contributed by atoms with Gasteiger partial charge in [-0.1, -0.05) is 12.1 Å². The van der Waals surface area contributed by atoms with Crippen molar-refractivity contribution in [3.05, 3.63) is 23.8 Å². The maximum absolute atomic E-state index is 11.4. The number of nitrogens with two attached hydrogens (primary N) is 1. The molecule has 1 aromatic carbocycles. The van der Waals surface area contributed by atoms with E-state index in [1.54, 1.807) is 13.0 Å². The third-order valence-electron chi connectivity index (χ3n) is 2.41. The predicted octanol–water partition coefficient (Wildman–Crippen LogP) is 1.48. The molecule has 0 spiro atoms. The fourth-order valence-electron chi connectivity index (χ4n) is 1.52. The van der Waals surface area contributed by atoms with E-state index in [1.165, 1.54) is 7.11 Å². The number of para-hydroxylation sites is 1. The van der Waals surface area contributed by atoms with E-state index in [1.807, 2.05) is 19.1 Å². The van der Waals surface area contributed by atoms with Crippen LogP contribution in [0.1, 0.15) is 19.4 Å². The summed E-state index contributed by atoms with van der Waals surface area (Å²) in [4.78, 5) is 11.4. The Morgan fingerprint density at radius 1 is 1.44 bits per heavy atom. The molecule has 0 heterocycles. The van der Waals surface area contributed by atoms with E-state index in [9.17, 15) is 4.79 Å². The van der Waals surface area contributed by atoms with Gasteiger partial charge in [-0.2, -0.15) is 0 Å². The first-order valence-electron chi connectivity index (χ1n) is 5.83. The van der Waals surface area contributed by atoms with E-state index in [4.69, 9.17) is 15.2 Å². The van der Waals surface area contributed by atoms with Crippen LogP contribution in [0.3, 0.4) is 0 Å². The Hall–Kier alpha value is -1.75. The van der Waals surface area contributed by atoms with Crippen LogP contribution in [-0.2, 0) is 16.1 Å². The van der Waals surface area contributed by atoms with Crippen molar-refractivity contribution < 1.29 is 19.0 Å². The third-order valence-corrected chi connectivity index (χ3v) is 2.41. The zero-order valence-corrected chi connectivity index (χ0v) is 10.9. The molecule has 1 atom stereocenters. The highest BCUT2D eigenvalue weighted by Gasteiger charge is 2.19. The standard InChI is InChI=1S/C13H19NO4/c1-4-17-11-7-5-6-10(8-14)12(11)18-9(2)13(15)16-3/h5-7,9H,4,8,14H2,1-3H3. The molecule has 0 saturated heterocycles. The monoisotopic (exact) mass is 253 g/mol. The van der Waals surface area contributed by atoms with Crippen molar-refractivity contribution in [3.63, 3.8) is 0 Å². The molecule has 0 aliphatic heterocycles. The molecule has 0 aliphatic carbocycles. The summed E-state index contributed by atoms with van der Waals surface area (Å²) in [6.07, 6.45) is -0.707. The average Bonchev–Trinajstić information content (AvgIpc) is 2.39. The molecule has 100 valence electrons. The molecule has 0 aliphatic rings. The van der Waals surface area contributed by atoms with E-state index in [0.29, 0.717) is 24.7 Å². The Morgan fingerprint density at radius 2 is 2.17 bits per heavy atom. The van der Waals surface area contributed by atoms with Crippen LogP contribution in [0.2, 0.25) is 0 Å². The summed E-state index contributed by atoms with van der Waals surface area (Å²) < 4.78 is 15.7. The number of benzene rings is 1. The van der Waals surface area contributed by atoms with Crippen molar-refractivity contribution in [1.29, 1.82) is 0 Å². The van der Waals surface area contributed by atoms with Gasteiger partial charge in [-0.15, -0.1) is 0 Å². The summed E-state index contributed by atoms with van der Waals surface area (Å²) in [5.41, 5.74) is 6.44. The molecule has 1 aromatic rings. The number of esters is 1. The minimum Gasteiger partial charge on any atom is -0.490 e. The first-order valence-corrected chi connectivity index (χ1v) is 5.83. The largest absolute Gasteiger partial charge is 0.490 e. The second-order valence-corrected chi connectivity index (χ2v) is 3.66. The summed E-state index contributed by atoms with van der Waals surface area (Å²) in [7, 11) is 1.32. The number of methoxy groups -OCH3 is 1. The summed E-state index contributed by atoms with van der Waals surface area (Å²) in [6, 6.07) is 5.45. The lowest BCUT2D eigenvalue weighted by Gasteiger charge is -2.18. The van der Waals surface area contributed by atoms with Gasteiger partial charge in [0.05, 0.1) is 13.7 Å².